The summed E-state index contributed by atoms with van der Waals surface area (Å²) in [6, 6.07) is 7.42. The average Bonchev–Trinajstić information content (AvgIpc) is 3.27. The van der Waals surface area contributed by atoms with Crippen LogP contribution in [-0.4, -0.2) is 69.5 Å². The maximum Gasteiger partial charge on any atom is 0.309 e. The van der Waals surface area contributed by atoms with Crippen molar-refractivity contribution < 1.29 is 14.3 Å². The number of fused-ring (bicyclic) bond motifs is 1. The number of methoxy groups -OCH3 is 1. The zero-order valence-corrected chi connectivity index (χ0v) is 19.3. The number of nitrogens with zero attached hydrogens (tertiary/aromatic N) is 5. The van der Waals surface area contributed by atoms with Gasteiger partial charge >= 0.3 is 5.97 Å². The number of hydrogen-bond donors (Lipinski definition) is 1. The van der Waals surface area contributed by atoms with Gasteiger partial charge in [0.15, 0.2) is 5.82 Å². The number of aromatic nitrogens is 5. The van der Waals surface area contributed by atoms with Gasteiger partial charge in [-0.05, 0) is 60.7 Å². The molecule has 1 N–H and O–H groups in total. The van der Waals surface area contributed by atoms with Gasteiger partial charge in [0.1, 0.15) is 6.04 Å². The predicted molar refractivity (Wildman–Crippen MR) is 122 cm³/mol. The molecule has 0 unspecified atom stereocenters. The van der Waals surface area contributed by atoms with Crippen molar-refractivity contribution in [2.24, 2.45) is 5.92 Å². The van der Waals surface area contributed by atoms with Crippen LogP contribution in [-0.2, 0) is 20.8 Å². The van der Waals surface area contributed by atoms with E-state index < -0.39 is 6.04 Å². The molecule has 1 aliphatic rings. The van der Waals surface area contributed by atoms with Gasteiger partial charge in [-0.25, -0.2) is 4.68 Å². The molecule has 10 heteroatoms. The molecule has 0 aliphatic carbocycles. The number of pyridine rings is 1. The number of aryl methyl sites for hydroxylation is 1. The lowest BCUT2D eigenvalue weighted by molar-refractivity contribution is -0.149. The number of H-pyrrole nitrogens is 1. The minimum Gasteiger partial charge on any atom is -0.466 e. The van der Waals surface area contributed by atoms with E-state index in [1.54, 1.807) is 11.8 Å². The molecule has 2 aromatic heterocycles. The number of rotatable bonds is 8. The molecule has 3 aromatic rings. The summed E-state index contributed by atoms with van der Waals surface area (Å²) in [7, 11) is 1.62. The highest BCUT2D eigenvalue weighted by Crippen LogP contribution is 2.31. The van der Waals surface area contributed by atoms with Gasteiger partial charge < -0.3 is 14.5 Å². The van der Waals surface area contributed by atoms with Crippen molar-refractivity contribution in [2.45, 2.75) is 39.3 Å². The van der Waals surface area contributed by atoms with Gasteiger partial charge in [0.2, 0.25) is 0 Å². The van der Waals surface area contributed by atoms with Crippen LogP contribution in [0, 0.1) is 12.8 Å². The Morgan fingerprint density at radius 1 is 1.27 bits per heavy atom. The third-order valence-electron chi connectivity index (χ3n) is 6.15. The maximum atomic E-state index is 13.2. The van der Waals surface area contributed by atoms with Gasteiger partial charge in [0.25, 0.3) is 5.56 Å². The highest BCUT2D eigenvalue weighted by molar-refractivity contribution is 5.79. The van der Waals surface area contributed by atoms with E-state index in [4.69, 9.17) is 9.47 Å². The Morgan fingerprint density at radius 3 is 2.79 bits per heavy atom. The number of aromatic amines is 1. The molecule has 1 saturated heterocycles. The molecule has 0 amide bonds. The summed E-state index contributed by atoms with van der Waals surface area (Å²) in [6.45, 7) is 6.38. The van der Waals surface area contributed by atoms with E-state index in [-0.39, 0.29) is 17.4 Å². The van der Waals surface area contributed by atoms with Crippen LogP contribution in [0.2, 0.25) is 0 Å². The van der Waals surface area contributed by atoms with E-state index in [2.05, 4.69) is 25.4 Å². The molecule has 0 saturated carbocycles. The number of carbonyl (C=O) groups is 1. The van der Waals surface area contributed by atoms with Crippen molar-refractivity contribution in [3.8, 4) is 0 Å². The lowest BCUT2D eigenvalue weighted by Crippen LogP contribution is -2.42. The minimum atomic E-state index is -0.450. The number of likely N-dealkylation sites (tertiary alicyclic amines) is 1. The van der Waals surface area contributed by atoms with Crippen LogP contribution in [0.3, 0.4) is 0 Å². The Kier molecular flexibility index (Phi) is 7.14. The summed E-state index contributed by atoms with van der Waals surface area (Å²) < 4.78 is 12.1. The molecule has 10 nitrogen and oxygen atoms in total. The number of piperidine rings is 1. The number of carbonyl (C=O) groups excluding carboxylic acids is 1. The van der Waals surface area contributed by atoms with E-state index >= 15 is 0 Å². The summed E-state index contributed by atoms with van der Waals surface area (Å²) in [5.41, 5.74) is 2.30. The largest absolute Gasteiger partial charge is 0.466 e. The third kappa shape index (κ3) is 4.96. The van der Waals surface area contributed by atoms with Crippen LogP contribution in [0.4, 0.5) is 0 Å². The second-order valence-electron chi connectivity index (χ2n) is 8.36. The quantitative estimate of drug-likeness (QED) is 0.513. The summed E-state index contributed by atoms with van der Waals surface area (Å²) >= 11 is 0. The first-order valence-corrected chi connectivity index (χ1v) is 11.3. The first-order valence-electron chi connectivity index (χ1n) is 11.3. The molecule has 1 aliphatic heterocycles. The van der Waals surface area contributed by atoms with Crippen LogP contribution in [0.1, 0.15) is 42.8 Å². The number of nitrogens with one attached hydrogen (secondary N) is 1. The van der Waals surface area contributed by atoms with E-state index in [1.807, 2.05) is 38.1 Å². The molecule has 3 heterocycles. The second kappa shape index (κ2) is 10.2. The highest BCUT2D eigenvalue weighted by atomic mass is 16.5. The van der Waals surface area contributed by atoms with Crippen LogP contribution in [0.5, 0.6) is 0 Å². The van der Waals surface area contributed by atoms with Crippen molar-refractivity contribution >= 4 is 16.9 Å². The Balaban J connectivity index is 1.73. The smallest absolute Gasteiger partial charge is 0.309 e. The molecule has 1 fully saturated rings. The van der Waals surface area contributed by atoms with Gasteiger partial charge in [-0.1, -0.05) is 11.6 Å². The molecule has 0 spiro atoms. The minimum absolute atomic E-state index is 0.135. The monoisotopic (exact) mass is 454 g/mol. The predicted octanol–water partition coefficient (Wildman–Crippen LogP) is 1.83. The average molecular weight is 455 g/mol. The standard InChI is InChI=1S/C23H30N6O4/c1-4-33-23(31)16-7-9-28(10-8-16)20(21-25-26-27-29(21)11-12-32-3)18-14-17-13-15(2)5-6-19(17)24-22(18)30/h5-6,13-14,16,20H,4,7-12H2,1-3H3,(H,24,30)/t20-/m0/s1. The number of esters is 1. The zero-order chi connectivity index (χ0) is 23.4. The Morgan fingerprint density at radius 2 is 2.06 bits per heavy atom. The fourth-order valence-electron chi connectivity index (χ4n) is 4.44. The first-order chi connectivity index (χ1) is 16.0. The van der Waals surface area contributed by atoms with Crippen LogP contribution < -0.4 is 5.56 Å². The maximum absolute atomic E-state index is 13.2. The van der Waals surface area contributed by atoms with Gasteiger partial charge in [-0.2, -0.15) is 0 Å². The van der Waals surface area contributed by atoms with Crippen molar-refractivity contribution in [1.29, 1.82) is 0 Å². The molecule has 0 radical (unpaired) electrons. The molecule has 4 rings (SSSR count). The SMILES string of the molecule is CCOC(=O)C1CCN([C@@H](c2cc3cc(C)ccc3[nH]c2=O)c2nnnn2CCOC)CC1. The fourth-order valence-corrected chi connectivity index (χ4v) is 4.44. The number of benzene rings is 1. The summed E-state index contributed by atoms with van der Waals surface area (Å²) in [5.74, 6) is 0.292. The number of hydrogen-bond acceptors (Lipinski definition) is 8. The van der Waals surface area contributed by atoms with Crippen molar-refractivity contribution in [3.63, 3.8) is 0 Å². The van der Waals surface area contributed by atoms with Crippen LogP contribution >= 0.6 is 0 Å². The van der Waals surface area contributed by atoms with Crippen LogP contribution in [0.25, 0.3) is 10.9 Å². The lowest BCUT2D eigenvalue weighted by atomic mass is 9.94. The van der Waals surface area contributed by atoms with E-state index in [1.165, 1.54) is 0 Å². The number of ether oxygens (including phenoxy) is 2. The Hall–Kier alpha value is -3.11. The van der Waals surface area contributed by atoms with E-state index in [9.17, 15) is 9.59 Å². The first kappa shape index (κ1) is 23.1. The van der Waals surface area contributed by atoms with Gasteiger partial charge in [0, 0.05) is 31.3 Å². The van der Waals surface area contributed by atoms with Crippen LogP contribution in [0.15, 0.2) is 29.1 Å². The van der Waals surface area contributed by atoms with Gasteiger partial charge in [-0.15, -0.1) is 5.10 Å². The summed E-state index contributed by atoms with van der Waals surface area (Å²) in [6.07, 6.45) is 1.30. The topological polar surface area (TPSA) is 115 Å². The second-order valence-corrected chi connectivity index (χ2v) is 8.36. The van der Waals surface area contributed by atoms with Gasteiger partial charge in [0.05, 0.1) is 25.7 Å². The molecule has 1 atom stereocenters. The van der Waals surface area contributed by atoms with Crippen molar-refractivity contribution in [3.05, 3.63) is 51.6 Å². The molecule has 33 heavy (non-hydrogen) atoms. The van der Waals surface area contributed by atoms with Gasteiger partial charge in [-0.3, -0.25) is 14.5 Å². The molecule has 0 bridgehead atoms. The van der Waals surface area contributed by atoms with E-state index in [0.717, 1.165) is 16.5 Å². The zero-order valence-electron chi connectivity index (χ0n) is 19.3. The number of tetrazole rings is 1. The molecular weight excluding hydrogens is 424 g/mol. The normalized spacial score (nSPS) is 16.2. The Labute approximate surface area is 191 Å². The van der Waals surface area contributed by atoms with E-state index in [0.29, 0.717) is 57.1 Å². The Bertz CT molecular complexity index is 1170. The molecular formula is C23H30N6O4. The third-order valence-corrected chi connectivity index (χ3v) is 6.15. The van der Waals surface area contributed by atoms with Crippen molar-refractivity contribution in [1.82, 2.24) is 30.1 Å². The van der Waals surface area contributed by atoms with Crippen molar-refractivity contribution in [2.75, 3.05) is 33.4 Å². The summed E-state index contributed by atoms with van der Waals surface area (Å²) in [4.78, 5) is 30.6. The summed E-state index contributed by atoms with van der Waals surface area (Å²) in [5, 5.41) is 13.3. The highest BCUT2D eigenvalue weighted by Gasteiger charge is 2.35. The molecule has 176 valence electrons. The molecule has 1 aromatic carbocycles. The fraction of sp³-hybridized carbons (Fsp3) is 0.522. The lowest BCUT2D eigenvalue weighted by Gasteiger charge is -2.36.